The topological polar surface area (TPSA) is 80.3 Å². The lowest BCUT2D eigenvalue weighted by molar-refractivity contribution is -0.154. The van der Waals surface area contributed by atoms with E-state index in [-0.39, 0.29) is 32.2 Å². The van der Waals surface area contributed by atoms with Gasteiger partial charge < -0.3 is 23.7 Å². The Hall–Kier alpha value is -2.38. The third-order valence-corrected chi connectivity index (χ3v) is 4.00. The second-order valence-corrected chi connectivity index (χ2v) is 6.54. The van der Waals surface area contributed by atoms with E-state index in [4.69, 9.17) is 23.7 Å². The molecule has 0 radical (unpaired) electrons. The Bertz CT molecular complexity index is 588. The van der Waals surface area contributed by atoms with Crippen LogP contribution in [0.5, 0.6) is 5.75 Å². The van der Waals surface area contributed by atoms with Crippen LogP contribution in [0.25, 0.3) is 0 Å². The smallest absolute Gasteiger partial charge is 0.330 e. The lowest BCUT2D eigenvalue weighted by atomic mass is 10.2. The van der Waals surface area contributed by atoms with Crippen molar-refractivity contribution in [1.82, 2.24) is 0 Å². The highest BCUT2D eigenvalue weighted by Gasteiger charge is 2.16. The molecule has 0 amide bonds. The van der Waals surface area contributed by atoms with Crippen LogP contribution in [0.4, 0.5) is 0 Å². The van der Waals surface area contributed by atoms with Crippen LogP contribution in [0, 0.1) is 0 Å². The highest BCUT2D eigenvalue weighted by Crippen LogP contribution is 2.10. The summed E-state index contributed by atoms with van der Waals surface area (Å²) in [6.45, 7) is 8.04. The molecular formula is C23H34O7. The molecule has 0 N–H and O–H groups in total. The van der Waals surface area contributed by atoms with E-state index in [1.807, 2.05) is 37.3 Å². The average molecular weight is 423 g/mol. The molecule has 1 unspecified atom stereocenters. The molecule has 0 heterocycles. The quantitative estimate of drug-likeness (QED) is 0.203. The standard InChI is InChI=1S/C23H34O7/c1-3-22(24)28-17-9-8-14-23(25)30-21(18-27-16-11-10-15-26-4-2)19-29-20-12-6-5-7-13-20/h3,5-7,12-13,21H,1,4,8-11,14-19H2,2H3. The van der Waals surface area contributed by atoms with Gasteiger partial charge in [-0.15, -0.1) is 0 Å². The molecule has 0 saturated heterocycles. The van der Waals surface area contributed by atoms with Gasteiger partial charge in [0.15, 0.2) is 6.10 Å². The number of hydrogen-bond donors (Lipinski definition) is 0. The molecule has 0 aliphatic carbocycles. The average Bonchev–Trinajstić information content (AvgIpc) is 2.76. The number of para-hydroxylation sites is 1. The number of carbonyl (C=O) groups excluding carboxylic acids is 2. The highest BCUT2D eigenvalue weighted by molar-refractivity contribution is 5.81. The van der Waals surface area contributed by atoms with E-state index >= 15 is 0 Å². The maximum atomic E-state index is 12.2. The van der Waals surface area contributed by atoms with Gasteiger partial charge in [-0.25, -0.2) is 4.79 Å². The third kappa shape index (κ3) is 13.7. The number of benzene rings is 1. The second-order valence-electron chi connectivity index (χ2n) is 6.54. The monoisotopic (exact) mass is 422 g/mol. The van der Waals surface area contributed by atoms with Crippen molar-refractivity contribution < 1.29 is 33.3 Å². The minimum atomic E-state index is -0.497. The van der Waals surface area contributed by atoms with Gasteiger partial charge in [-0.3, -0.25) is 4.79 Å². The van der Waals surface area contributed by atoms with Gasteiger partial charge in [0.25, 0.3) is 0 Å². The first-order chi connectivity index (χ1) is 14.7. The molecule has 0 bridgehead atoms. The third-order valence-electron chi connectivity index (χ3n) is 4.00. The van der Waals surface area contributed by atoms with Crippen molar-refractivity contribution in [3.63, 3.8) is 0 Å². The maximum Gasteiger partial charge on any atom is 0.330 e. The van der Waals surface area contributed by atoms with Crippen molar-refractivity contribution in [3.05, 3.63) is 43.0 Å². The summed E-state index contributed by atoms with van der Waals surface area (Å²) in [5, 5.41) is 0. The van der Waals surface area contributed by atoms with Crippen LogP contribution >= 0.6 is 0 Å². The van der Waals surface area contributed by atoms with Crippen molar-refractivity contribution in [1.29, 1.82) is 0 Å². The summed E-state index contributed by atoms with van der Waals surface area (Å²) in [6.07, 6.45) is 3.80. The summed E-state index contributed by atoms with van der Waals surface area (Å²) < 4.78 is 27.1. The van der Waals surface area contributed by atoms with Crippen LogP contribution in [0.3, 0.4) is 0 Å². The second kappa shape index (κ2) is 17.5. The van der Waals surface area contributed by atoms with Crippen molar-refractivity contribution in [2.24, 2.45) is 0 Å². The number of unbranched alkanes of at least 4 members (excludes halogenated alkanes) is 2. The van der Waals surface area contributed by atoms with Gasteiger partial charge in [0, 0.05) is 32.3 Å². The van der Waals surface area contributed by atoms with Gasteiger partial charge in [0.2, 0.25) is 0 Å². The molecule has 0 fully saturated rings. The molecule has 1 aromatic rings. The number of rotatable bonds is 18. The molecule has 0 spiro atoms. The first kappa shape index (κ1) is 25.7. The lowest BCUT2D eigenvalue weighted by Crippen LogP contribution is -2.30. The van der Waals surface area contributed by atoms with Crippen LogP contribution in [0.2, 0.25) is 0 Å². The molecule has 1 aromatic carbocycles. The van der Waals surface area contributed by atoms with Crippen molar-refractivity contribution in [2.45, 2.75) is 45.1 Å². The lowest BCUT2D eigenvalue weighted by Gasteiger charge is -2.19. The van der Waals surface area contributed by atoms with Crippen LogP contribution in [0.15, 0.2) is 43.0 Å². The molecule has 1 rings (SSSR count). The molecule has 30 heavy (non-hydrogen) atoms. The molecule has 7 heteroatoms. The molecule has 168 valence electrons. The van der Waals surface area contributed by atoms with E-state index in [9.17, 15) is 9.59 Å². The maximum absolute atomic E-state index is 12.2. The van der Waals surface area contributed by atoms with Gasteiger partial charge in [0.1, 0.15) is 12.4 Å². The molecule has 0 aliphatic rings. The molecule has 0 saturated carbocycles. The van der Waals surface area contributed by atoms with Gasteiger partial charge in [-0.05, 0) is 44.7 Å². The van der Waals surface area contributed by atoms with Gasteiger partial charge >= 0.3 is 11.9 Å². The fourth-order valence-electron chi connectivity index (χ4n) is 2.44. The summed E-state index contributed by atoms with van der Waals surface area (Å²) in [7, 11) is 0. The summed E-state index contributed by atoms with van der Waals surface area (Å²) >= 11 is 0. The number of carbonyl (C=O) groups is 2. The first-order valence-corrected chi connectivity index (χ1v) is 10.5. The summed E-state index contributed by atoms with van der Waals surface area (Å²) in [5.41, 5.74) is 0. The zero-order chi connectivity index (χ0) is 21.9. The Kier molecular flexibility index (Phi) is 14.9. The zero-order valence-corrected chi connectivity index (χ0v) is 17.9. The summed E-state index contributed by atoms with van der Waals surface area (Å²) in [5.74, 6) is -0.0833. The normalized spacial score (nSPS) is 11.5. The first-order valence-electron chi connectivity index (χ1n) is 10.5. The Labute approximate surface area is 179 Å². The van der Waals surface area contributed by atoms with Crippen molar-refractivity contribution in [3.8, 4) is 5.75 Å². The van der Waals surface area contributed by atoms with Gasteiger partial charge in [-0.1, -0.05) is 24.8 Å². The number of ether oxygens (including phenoxy) is 5. The van der Waals surface area contributed by atoms with Crippen molar-refractivity contribution >= 4 is 11.9 Å². The fourth-order valence-corrected chi connectivity index (χ4v) is 2.44. The molecule has 0 aromatic heterocycles. The Morgan fingerprint density at radius 2 is 1.67 bits per heavy atom. The molecule has 0 aliphatic heterocycles. The molecule has 7 nitrogen and oxygen atoms in total. The largest absolute Gasteiger partial charge is 0.490 e. The van der Waals surface area contributed by atoms with Crippen LogP contribution in [0.1, 0.15) is 39.0 Å². The minimum Gasteiger partial charge on any atom is -0.490 e. The van der Waals surface area contributed by atoms with E-state index in [0.717, 1.165) is 25.5 Å². The van der Waals surface area contributed by atoms with E-state index in [1.54, 1.807) is 0 Å². The Balaban J connectivity index is 2.32. The van der Waals surface area contributed by atoms with Gasteiger partial charge in [-0.2, -0.15) is 0 Å². The predicted molar refractivity (Wildman–Crippen MR) is 113 cm³/mol. The zero-order valence-electron chi connectivity index (χ0n) is 17.9. The van der Waals surface area contributed by atoms with E-state index in [0.29, 0.717) is 31.8 Å². The van der Waals surface area contributed by atoms with E-state index in [1.165, 1.54) is 0 Å². The summed E-state index contributed by atoms with van der Waals surface area (Å²) in [4.78, 5) is 23.1. The number of esters is 2. The Morgan fingerprint density at radius 1 is 0.967 bits per heavy atom. The molecular weight excluding hydrogens is 388 g/mol. The number of hydrogen-bond acceptors (Lipinski definition) is 7. The van der Waals surface area contributed by atoms with Gasteiger partial charge in [0.05, 0.1) is 13.2 Å². The van der Waals surface area contributed by atoms with E-state index in [2.05, 4.69) is 6.58 Å². The highest BCUT2D eigenvalue weighted by atomic mass is 16.6. The molecule has 1 atom stereocenters. The van der Waals surface area contributed by atoms with Crippen LogP contribution in [-0.4, -0.2) is 57.7 Å². The minimum absolute atomic E-state index is 0.214. The Morgan fingerprint density at radius 3 is 2.37 bits per heavy atom. The SMILES string of the molecule is C=CC(=O)OCCCCC(=O)OC(COCCCCOCC)COc1ccccc1. The predicted octanol–water partition coefficient (Wildman–Crippen LogP) is 3.71. The van der Waals surface area contributed by atoms with E-state index < -0.39 is 12.1 Å². The summed E-state index contributed by atoms with van der Waals surface area (Å²) in [6, 6.07) is 9.35. The van der Waals surface area contributed by atoms with Crippen molar-refractivity contribution in [2.75, 3.05) is 39.6 Å². The van der Waals surface area contributed by atoms with Crippen LogP contribution < -0.4 is 4.74 Å². The van der Waals surface area contributed by atoms with Crippen LogP contribution in [-0.2, 0) is 28.5 Å². The fraction of sp³-hybridized carbons (Fsp3) is 0.565.